The predicted octanol–water partition coefficient (Wildman–Crippen LogP) is 5.37. The minimum absolute atomic E-state index is 0.123. The molecule has 0 saturated heterocycles. The fraction of sp³-hybridized carbons (Fsp3) is 0.200. The van der Waals surface area contributed by atoms with Crippen LogP contribution < -0.4 is 15.0 Å². The smallest absolute Gasteiger partial charge is 0.274 e. The van der Waals surface area contributed by atoms with Crippen molar-refractivity contribution in [3.8, 4) is 27.8 Å². The number of methoxy groups -OCH3 is 1. The van der Waals surface area contributed by atoms with Crippen LogP contribution in [0.25, 0.3) is 26.5 Å². The highest BCUT2D eigenvalue weighted by molar-refractivity contribution is 7.21. The first kappa shape index (κ1) is 21.6. The molecule has 1 aliphatic heterocycles. The van der Waals surface area contributed by atoms with Crippen molar-refractivity contribution in [1.82, 2.24) is 14.5 Å². The van der Waals surface area contributed by atoms with Crippen molar-refractivity contribution < 1.29 is 9.47 Å². The summed E-state index contributed by atoms with van der Waals surface area (Å²) in [6.07, 6.45) is 7.08. The van der Waals surface area contributed by atoms with Gasteiger partial charge in [-0.15, -0.1) is 11.3 Å². The number of benzene rings is 2. The molecule has 0 aliphatic carbocycles. The van der Waals surface area contributed by atoms with Crippen molar-refractivity contribution in [3.05, 3.63) is 82.4 Å². The molecule has 0 atom stereocenters. The third-order valence-corrected chi connectivity index (χ3v) is 6.86. The van der Waals surface area contributed by atoms with Crippen LogP contribution in [0.1, 0.15) is 6.42 Å². The second-order valence-corrected chi connectivity index (χ2v) is 9.06. The Labute approximate surface area is 200 Å². The van der Waals surface area contributed by atoms with Gasteiger partial charge in [0.15, 0.2) is 11.5 Å². The molecule has 0 unspecified atom stereocenters. The number of aromatic nitrogens is 2. The van der Waals surface area contributed by atoms with Crippen LogP contribution in [0.4, 0.5) is 0 Å². The summed E-state index contributed by atoms with van der Waals surface area (Å²) in [7, 11) is 1.60. The lowest BCUT2D eigenvalue weighted by Gasteiger charge is -2.17. The van der Waals surface area contributed by atoms with E-state index in [2.05, 4.69) is 22.2 Å². The SMILES string of the molecule is COc1cc(-n2ccc3nc(-c4ccc(Cl)cc4)sc3c2=O)ccc1OCCN1C=CCC1. The second kappa shape index (κ2) is 9.29. The number of thiazole rings is 1. The molecule has 6 nitrogen and oxygen atoms in total. The Kier molecular flexibility index (Phi) is 6.07. The van der Waals surface area contributed by atoms with Gasteiger partial charge in [0.25, 0.3) is 5.56 Å². The van der Waals surface area contributed by atoms with E-state index in [1.54, 1.807) is 17.9 Å². The summed E-state index contributed by atoms with van der Waals surface area (Å²) in [6.45, 7) is 2.40. The molecular weight excluding hydrogens is 458 g/mol. The van der Waals surface area contributed by atoms with E-state index in [0.29, 0.717) is 39.0 Å². The van der Waals surface area contributed by atoms with Gasteiger partial charge in [0.05, 0.1) is 24.9 Å². The summed E-state index contributed by atoms with van der Waals surface area (Å²) in [5, 5.41) is 1.45. The van der Waals surface area contributed by atoms with Gasteiger partial charge in [-0.2, -0.15) is 0 Å². The summed E-state index contributed by atoms with van der Waals surface area (Å²) >= 11 is 7.37. The lowest BCUT2D eigenvalue weighted by Crippen LogP contribution is -2.21. The van der Waals surface area contributed by atoms with Crippen LogP contribution in [0.15, 0.2) is 71.8 Å². The van der Waals surface area contributed by atoms with Crippen LogP contribution in [0.3, 0.4) is 0 Å². The number of hydrogen-bond donors (Lipinski definition) is 0. The monoisotopic (exact) mass is 479 g/mol. The standard InChI is InChI=1S/C25H22ClN3O3S/c1-31-22-16-19(8-9-21(22)32-15-14-28-11-2-3-12-28)29-13-10-20-23(25(29)30)33-24(27-20)17-4-6-18(26)7-5-17/h2,4-11,13,16H,3,12,14-15H2,1H3. The average Bonchev–Trinajstić information content (AvgIpc) is 3.51. The molecule has 0 bridgehead atoms. The summed E-state index contributed by atoms with van der Waals surface area (Å²) in [5.41, 5.74) is 2.19. The van der Waals surface area contributed by atoms with E-state index in [0.717, 1.165) is 30.1 Å². The van der Waals surface area contributed by atoms with Crippen molar-refractivity contribution in [2.75, 3.05) is 26.8 Å². The topological polar surface area (TPSA) is 56.6 Å². The van der Waals surface area contributed by atoms with Crippen molar-refractivity contribution in [2.24, 2.45) is 0 Å². The normalized spacial score (nSPS) is 13.1. The zero-order valence-electron chi connectivity index (χ0n) is 18.0. The van der Waals surface area contributed by atoms with Gasteiger partial charge in [0.2, 0.25) is 0 Å². The molecule has 2 aromatic heterocycles. The number of hydrogen-bond acceptors (Lipinski definition) is 6. The van der Waals surface area contributed by atoms with Crippen LogP contribution in [0.2, 0.25) is 5.02 Å². The third kappa shape index (κ3) is 4.47. The van der Waals surface area contributed by atoms with E-state index in [4.69, 9.17) is 21.1 Å². The van der Waals surface area contributed by atoms with Gasteiger partial charge in [0.1, 0.15) is 16.3 Å². The lowest BCUT2D eigenvalue weighted by molar-refractivity contribution is 0.251. The van der Waals surface area contributed by atoms with E-state index >= 15 is 0 Å². The summed E-state index contributed by atoms with van der Waals surface area (Å²) in [4.78, 5) is 20.1. The Morgan fingerprint density at radius 3 is 2.73 bits per heavy atom. The molecular formula is C25H22ClN3O3S. The van der Waals surface area contributed by atoms with Gasteiger partial charge >= 0.3 is 0 Å². The quantitative estimate of drug-likeness (QED) is 0.356. The maximum Gasteiger partial charge on any atom is 0.274 e. The molecule has 168 valence electrons. The molecule has 5 rings (SSSR count). The van der Waals surface area contributed by atoms with Crippen LogP contribution in [-0.4, -0.2) is 41.3 Å². The Hall–Kier alpha value is -3.29. The first-order valence-corrected chi connectivity index (χ1v) is 11.8. The van der Waals surface area contributed by atoms with E-state index in [9.17, 15) is 4.79 Å². The molecule has 33 heavy (non-hydrogen) atoms. The number of pyridine rings is 1. The minimum atomic E-state index is -0.123. The van der Waals surface area contributed by atoms with Crippen LogP contribution in [-0.2, 0) is 0 Å². The number of ether oxygens (including phenoxy) is 2. The highest BCUT2D eigenvalue weighted by Crippen LogP contribution is 2.31. The Balaban J connectivity index is 1.41. The van der Waals surface area contributed by atoms with Crippen LogP contribution >= 0.6 is 22.9 Å². The molecule has 0 fully saturated rings. The molecule has 0 amide bonds. The molecule has 0 spiro atoms. The fourth-order valence-electron chi connectivity index (χ4n) is 3.76. The van der Waals surface area contributed by atoms with Gasteiger partial charge in [-0.1, -0.05) is 29.8 Å². The van der Waals surface area contributed by atoms with Gasteiger partial charge in [-0.3, -0.25) is 9.36 Å². The van der Waals surface area contributed by atoms with Gasteiger partial charge in [-0.05, 0) is 43.0 Å². The molecule has 8 heteroatoms. The van der Waals surface area contributed by atoms with Gasteiger partial charge < -0.3 is 14.4 Å². The summed E-state index contributed by atoms with van der Waals surface area (Å²) < 4.78 is 13.7. The number of rotatable bonds is 7. The molecule has 4 aromatic rings. The maximum atomic E-state index is 13.3. The molecule has 0 saturated carbocycles. The highest BCUT2D eigenvalue weighted by atomic mass is 35.5. The number of halogens is 1. The van der Waals surface area contributed by atoms with E-state index in [-0.39, 0.29) is 5.56 Å². The average molecular weight is 480 g/mol. The van der Waals surface area contributed by atoms with Gasteiger partial charge in [-0.25, -0.2) is 4.98 Å². The lowest BCUT2D eigenvalue weighted by atomic mass is 10.2. The van der Waals surface area contributed by atoms with Crippen LogP contribution in [0, 0.1) is 0 Å². The summed E-state index contributed by atoms with van der Waals surface area (Å²) in [6, 6.07) is 14.8. The Bertz CT molecular complexity index is 1380. The van der Waals surface area contributed by atoms with E-state index in [1.807, 2.05) is 48.5 Å². The van der Waals surface area contributed by atoms with Crippen molar-refractivity contribution in [2.45, 2.75) is 6.42 Å². The molecule has 2 aromatic carbocycles. The van der Waals surface area contributed by atoms with Crippen molar-refractivity contribution in [3.63, 3.8) is 0 Å². The van der Waals surface area contributed by atoms with Crippen molar-refractivity contribution >= 4 is 33.2 Å². The van der Waals surface area contributed by atoms with Crippen molar-refractivity contribution in [1.29, 1.82) is 0 Å². The summed E-state index contributed by atoms with van der Waals surface area (Å²) in [5.74, 6) is 1.24. The second-order valence-electron chi connectivity index (χ2n) is 7.62. The van der Waals surface area contributed by atoms with E-state index in [1.165, 1.54) is 11.3 Å². The molecule has 0 N–H and O–H groups in total. The Morgan fingerprint density at radius 1 is 1.12 bits per heavy atom. The molecule has 1 aliphatic rings. The molecule has 0 radical (unpaired) electrons. The minimum Gasteiger partial charge on any atom is -0.493 e. The first-order chi connectivity index (χ1) is 16.1. The largest absolute Gasteiger partial charge is 0.493 e. The van der Waals surface area contributed by atoms with E-state index < -0.39 is 0 Å². The highest BCUT2D eigenvalue weighted by Gasteiger charge is 2.14. The van der Waals surface area contributed by atoms with Crippen LogP contribution in [0.5, 0.6) is 11.5 Å². The number of fused-ring (bicyclic) bond motifs is 1. The third-order valence-electron chi connectivity index (χ3n) is 5.50. The fourth-order valence-corrected chi connectivity index (χ4v) is 4.88. The zero-order chi connectivity index (χ0) is 22.8. The predicted molar refractivity (Wildman–Crippen MR) is 133 cm³/mol. The number of nitrogens with zero attached hydrogens (tertiary/aromatic N) is 3. The Morgan fingerprint density at radius 2 is 1.97 bits per heavy atom. The molecule has 3 heterocycles. The van der Waals surface area contributed by atoms with Gasteiger partial charge in [0, 0.05) is 29.4 Å². The maximum absolute atomic E-state index is 13.3. The zero-order valence-corrected chi connectivity index (χ0v) is 19.6. The first-order valence-electron chi connectivity index (χ1n) is 10.6.